The van der Waals surface area contributed by atoms with Gasteiger partial charge < -0.3 is 9.64 Å². The van der Waals surface area contributed by atoms with E-state index in [0.29, 0.717) is 31.3 Å². The van der Waals surface area contributed by atoms with Crippen molar-refractivity contribution in [1.29, 1.82) is 0 Å². The minimum Gasteiger partial charge on any atom is -0.378 e. The monoisotopic (exact) mass is 300 g/mol. The number of hydrogen-bond donors (Lipinski definition) is 1. The minimum absolute atomic E-state index is 0.120. The molecule has 0 atom stereocenters. The van der Waals surface area contributed by atoms with Gasteiger partial charge in [0, 0.05) is 13.1 Å². The Balaban J connectivity index is 1.97. The van der Waals surface area contributed by atoms with Crippen molar-refractivity contribution in [3.05, 3.63) is 12.4 Å². The van der Waals surface area contributed by atoms with Gasteiger partial charge in [0.05, 0.1) is 37.0 Å². The second-order valence-electron chi connectivity index (χ2n) is 4.65. The van der Waals surface area contributed by atoms with Gasteiger partial charge in [0.25, 0.3) is 0 Å². The molecule has 1 fully saturated rings. The van der Waals surface area contributed by atoms with Gasteiger partial charge in [-0.05, 0) is 6.42 Å². The van der Waals surface area contributed by atoms with E-state index in [1.807, 2.05) is 11.8 Å². The zero-order chi connectivity index (χ0) is 14.4. The molecule has 2 rings (SSSR count). The van der Waals surface area contributed by atoms with Gasteiger partial charge in [-0.3, -0.25) is 4.72 Å². The van der Waals surface area contributed by atoms with Gasteiger partial charge in [-0.1, -0.05) is 13.3 Å². The van der Waals surface area contributed by atoms with E-state index in [1.54, 1.807) is 0 Å². The molecule has 1 saturated heterocycles. The van der Waals surface area contributed by atoms with Crippen LogP contribution < -0.4 is 9.62 Å². The first-order valence-corrected chi connectivity index (χ1v) is 8.41. The van der Waals surface area contributed by atoms with E-state index in [-0.39, 0.29) is 5.75 Å². The number of aromatic nitrogens is 2. The quantitative estimate of drug-likeness (QED) is 0.838. The van der Waals surface area contributed by atoms with Crippen LogP contribution in [0.25, 0.3) is 0 Å². The highest BCUT2D eigenvalue weighted by Crippen LogP contribution is 2.13. The number of morpholine rings is 1. The highest BCUT2D eigenvalue weighted by molar-refractivity contribution is 7.92. The summed E-state index contributed by atoms with van der Waals surface area (Å²) in [5.41, 5.74) is 0.401. The summed E-state index contributed by atoms with van der Waals surface area (Å²) in [4.78, 5) is 10.4. The molecule has 1 aromatic heterocycles. The topological polar surface area (TPSA) is 84.4 Å². The number of anilines is 2. The Bertz CT molecular complexity index is 512. The molecule has 1 aromatic rings. The van der Waals surface area contributed by atoms with Gasteiger partial charge in [0.2, 0.25) is 16.0 Å². The first kappa shape index (κ1) is 15.0. The van der Waals surface area contributed by atoms with Crippen LogP contribution in [-0.2, 0) is 14.8 Å². The molecule has 0 spiro atoms. The molecule has 0 aliphatic carbocycles. The highest BCUT2D eigenvalue weighted by atomic mass is 32.2. The smallest absolute Gasteiger partial charge is 0.232 e. The first-order valence-electron chi connectivity index (χ1n) is 6.76. The van der Waals surface area contributed by atoms with Crippen molar-refractivity contribution < 1.29 is 13.2 Å². The van der Waals surface area contributed by atoms with Crippen LogP contribution in [0, 0.1) is 0 Å². The van der Waals surface area contributed by atoms with Crippen LogP contribution in [0.2, 0.25) is 0 Å². The normalized spacial score (nSPS) is 16.1. The molecule has 0 amide bonds. The summed E-state index contributed by atoms with van der Waals surface area (Å²) in [6.07, 6.45) is 4.48. The van der Waals surface area contributed by atoms with Crippen LogP contribution in [0.15, 0.2) is 12.4 Å². The molecule has 7 nitrogen and oxygen atoms in total. The van der Waals surface area contributed by atoms with Crippen LogP contribution in [0.5, 0.6) is 0 Å². The average molecular weight is 300 g/mol. The van der Waals surface area contributed by atoms with Gasteiger partial charge in [-0.25, -0.2) is 18.4 Å². The first-order chi connectivity index (χ1) is 9.61. The Hall–Kier alpha value is -1.41. The van der Waals surface area contributed by atoms with E-state index in [4.69, 9.17) is 4.74 Å². The van der Waals surface area contributed by atoms with Crippen molar-refractivity contribution in [2.75, 3.05) is 41.7 Å². The molecule has 1 N–H and O–H groups in total. The van der Waals surface area contributed by atoms with Crippen molar-refractivity contribution in [2.45, 2.75) is 19.8 Å². The molecule has 1 aliphatic heterocycles. The van der Waals surface area contributed by atoms with E-state index in [1.165, 1.54) is 12.4 Å². The predicted octanol–water partition coefficient (Wildman–Crippen LogP) is 0.855. The Kier molecular flexibility index (Phi) is 5.13. The Labute approximate surface area is 119 Å². The number of rotatable bonds is 6. The highest BCUT2D eigenvalue weighted by Gasteiger charge is 2.14. The Morgan fingerprint density at radius 1 is 1.30 bits per heavy atom. The summed E-state index contributed by atoms with van der Waals surface area (Å²) < 4.78 is 31.3. The van der Waals surface area contributed by atoms with E-state index < -0.39 is 10.0 Å². The minimum atomic E-state index is -3.30. The number of ether oxygens (including phenoxy) is 1. The molecule has 0 aromatic carbocycles. The summed E-state index contributed by atoms with van der Waals surface area (Å²) in [5, 5.41) is 0. The second-order valence-corrected chi connectivity index (χ2v) is 6.49. The molecule has 0 unspecified atom stereocenters. The Morgan fingerprint density at radius 2 is 1.95 bits per heavy atom. The van der Waals surface area contributed by atoms with E-state index in [9.17, 15) is 8.42 Å². The molecule has 1 aliphatic rings. The lowest BCUT2D eigenvalue weighted by molar-refractivity contribution is 0.122. The van der Waals surface area contributed by atoms with Crippen LogP contribution in [0.1, 0.15) is 19.8 Å². The van der Waals surface area contributed by atoms with Crippen molar-refractivity contribution in [3.8, 4) is 0 Å². The van der Waals surface area contributed by atoms with E-state index in [2.05, 4.69) is 14.7 Å². The molecule has 0 radical (unpaired) electrons. The average Bonchev–Trinajstić information content (AvgIpc) is 2.46. The summed E-state index contributed by atoms with van der Waals surface area (Å²) in [6.45, 7) is 4.78. The number of sulfonamides is 1. The van der Waals surface area contributed by atoms with Crippen molar-refractivity contribution in [1.82, 2.24) is 9.97 Å². The number of hydrogen-bond acceptors (Lipinski definition) is 6. The largest absolute Gasteiger partial charge is 0.378 e. The van der Waals surface area contributed by atoms with Crippen LogP contribution in [-0.4, -0.2) is 50.4 Å². The maximum Gasteiger partial charge on any atom is 0.232 e. The summed E-state index contributed by atoms with van der Waals surface area (Å²) in [7, 11) is -3.30. The lowest BCUT2D eigenvalue weighted by Crippen LogP contribution is -2.37. The third kappa shape index (κ3) is 4.31. The maximum absolute atomic E-state index is 11.8. The fourth-order valence-corrected chi connectivity index (χ4v) is 3.10. The van der Waals surface area contributed by atoms with Gasteiger partial charge in [0.1, 0.15) is 0 Å². The summed E-state index contributed by atoms with van der Waals surface area (Å²) in [6, 6.07) is 0. The van der Waals surface area contributed by atoms with Gasteiger partial charge in [-0.2, -0.15) is 0 Å². The molecule has 20 heavy (non-hydrogen) atoms. The molecule has 0 saturated carbocycles. The number of nitrogens with one attached hydrogen (secondary N) is 1. The molecular formula is C12H20N4O3S. The van der Waals surface area contributed by atoms with Gasteiger partial charge in [-0.15, -0.1) is 0 Å². The fourth-order valence-electron chi connectivity index (χ4n) is 1.87. The van der Waals surface area contributed by atoms with Gasteiger partial charge in [0.15, 0.2) is 0 Å². The molecule has 8 heteroatoms. The van der Waals surface area contributed by atoms with Crippen LogP contribution in [0.4, 0.5) is 11.6 Å². The lowest BCUT2D eigenvalue weighted by Gasteiger charge is -2.26. The van der Waals surface area contributed by atoms with Crippen molar-refractivity contribution >= 4 is 21.7 Å². The number of nitrogens with zero attached hydrogens (tertiary/aromatic N) is 3. The molecule has 0 bridgehead atoms. The summed E-state index contributed by atoms with van der Waals surface area (Å²) >= 11 is 0. The third-order valence-corrected chi connectivity index (χ3v) is 4.34. The van der Waals surface area contributed by atoms with Crippen molar-refractivity contribution in [3.63, 3.8) is 0 Å². The second kappa shape index (κ2) is 6.85. The SMILES string of the molecule is CCCCS(=O)(=O)Nc1cnc(N2CCOCC2)nc1. The van der Waals surface area contributed by atoms with Gasteiger partial charge >= 0.3 is 0 Å². The lowest BCUT2D eigenvalue weighted by atomic mass is 10.4. The standard InChI is InChI=1S/C12H20N4O3S/c1-2-3-8-20(17,18)15-11-9-13-12(14-10-11)16-4-6-19-7-5-16/h9-10,15H,2-8H2,1H3. The zero-order valence-corrected chi connectivity index (χ0v) is 12.4. The predicted molar refractivity (Wildman–Crippen MR) is 77.4 cm³/mol. The molecular weight excluding hydrogens is 280 g/mol. The zero-order valence-electron chi connectivity index (χ0n) is 11.6. The van der Waals surface area contributed by atoms with Crippen molar-refractivity contribution in [2.24, 2.45) is 0 Å². The summed E-state index contributed by atoms with van der Waals surface area (Å²) in [5.74, 6) is 0.721. The molecule has 2 heterocycles. The Morgan fingerprint density at radius 3 is 2.55 bits per heavy atom. The van der Waals surface area contributed by atoms with Crippen LogP contribution in [0.3, 0.4) is 0 Å². The van der Waals surface area contributed by atoms with E-state index in [0.717, 1.165) is 19.5 Å². The number of unbranched alkanes of at least 4 members (excludes halogenated alkanes) is 1. The fraction of sp³-hybridized carbons (Fsp3) is 0.667. The maximum atomic E-state index is 11.8. The molecule has 112 valence electrons. The third-order valence-electron chi connectivity index (χ3n) is 2.97. The van der Waals surface area contributed by atoms with Crippen LogP contribution >= 0.6 is 0 Å². The van der Waals surface area contributed by atoms with E-state index >= 15 is 0 Å².